The van der Waals surface area contributed by atoms with E-state index >= 15 is 0 Å². The number of carbonyl (C=O) groups excluding carboxylic acids is 2. The zero-order valence-electron chi connectivity index (χ0n) is 22.5. The predicted octanol–water partition coefficient (Wildman–Crippen LogP) is 2.94. The van der Waals surface area contributed by atoms with Gasteiger partial charge in [0.15, 0.2) is 0 Å². The zero-order chi connectivity index (χ0) is 26.9. The summed E-state index contributed by atoms with van der Waals surface area (Å²) >= 11 is 0. The van der Waals surface area contributed by atoms with Crippen LogP contribution in [0.15, 0.2) is 55.0 Å². The normalized spacial score (nSPS) is 18.8. The van der Waals surface area contributed by atoms with Gasteiger partial charge >= 0.3 is 0 Å². The molecule has 2 fully saturated rings. The Hall–Kier alpha value is -4.05. The standard InChI is InChI=1S/C29H34N8O2/c1-34(2)13-4-6-27(38)36-16-10-21(19-36)29(39)35-14-8-20(9-15-35)25-17-23-22(7-12-30-28(23)33-25)24-18-32-37-26(24)5-3-11-31-37/h3-7,11-12,17-18,20-21H,8-10,13-16,19H2,1-2H3,(H,30,33)/b6-4+/t21-/m1/s1. The number of carbonyl (C=O) groups is 2. The maximum absolute atomic E-state index is 13.3. The van der Waals surface area contributed by atoms with Crippen LogP contribution in [-0.2, 0) is 9.59 Å². The fourth-order valence-corrected chi connectivity index (χ4v) is 5.84. The van der Waals surface area contributed by atoms with Crippen molar-refractivity contribution in [3.63, 3.8) is 0 Å². The third-order valence-corrected chi connectivity index (χ3v) is 7.97. The Labute approximate surface area is 227 Å². The highest BCUT2D eigenvalue weighted by Crippen LogP contribution is 2.35. The lowest BCUT2D eigenvalue weighted by Gasteiger charge is -2.33. The number of hydrogen-bond acceptors (Lipinski definition) is 6. The number of aromatic nitrogens is 5. The summed E-state index contributed by atoms with van der Waals surface area (Å²) in [6, 6.07) is 8.17. The number of likely N-dealkylation sites (tertiary alicyclic amines) is 2. The Morgan fingerprint density at radius 2 is 1.87 bits per heavy atom. The third kappa shape index (κ3) is 5.04. The van der Waals surface area contributed by atoms with Gasteiger partial charge in [0.1, 0.15) is 5.65 Å². The van der Waals surface area contributed by atoms with Gasteiger partial charge in [0.25, 0.3) is 0 Å². The van der Waals surface area contributed by atoms with Crippen molar-refractivity contribution < 1.29 is 9.59 Å². The van der Waals surface area contributed by atoms with Crippen LogP contribution >= 0.6 is 0 Å². The monoisotopic (exact) mass is 526 g/mol. The summed E-state index contributed by atoms with van der Waals surface area (Å²) in [5, 5.41) is 9.76. The molecule has 0 bridgehead atoms. The van der Waals surface area contributed by atoms with Gasteiger partial charge in [0.2, 0.25) is 11.8 Å². The number of likely N-dealkylation sites (N-methyl/N-ethyl adjacent to an activating group) is 1. The maximum atomic E-state index is 13.3. The number of amides is 2. The Bertz CT molecular complexity index is 1530. The number of pyridine rings is 1. The first kappa shape index (κ1) is 25.2. The smallest absolute Gasteiger partial charge is 0.246 e. The molecule has 0 aliphatic carbocycles. The molecule has 10 nitrogen and oxygen atoms in total. The average molecular weight is 527 g/mol. The molecule has 0 saturated carbocycles. The molecule has 6 rings (SSSR count). The lowest BCUT2D eigenvalue weighted by molar-refractivity contribution is -0.136. The van der Waals surface area contributed by atoms with E-state index in [0.717, 1.165) is 72.3 Å². The molecule has 4 aromatic rings. The molecule has 202 valence electrons. The summed E-state index contributed by atoms with van der Waals surface area (Å²) in [6.45, 7) is 3.34. The van der Waals surface area contributed by atoms with E-state index in [2.05, 4.69) is 26.2 Å². The molecule has 2 aliphatic heterocycles. The van der Waals surface area contributed by atoms with Crippen LogP contribution in [0.3, 0.4) is 0 Å². The first-order valence-corrected chi connectivity index (χ1v) is 13.6. The van der Waals surface area contributed by atoms with Crippen LogP contribution in [0.25, 0.3) is 27.7 Å². The number of fused-ring (bicyclic) bond motifs is 2. The number of nitrogens with one attached hydrogen (secondary N) is 1. The second-order valence-corrected chi connectivity index (χ2v) is 10.8. The number of hydrogen-bond donors (Lipinski definition) is 1. The minimum atomic E-state index is -0.104. The largest absolute Gasteiger partial charge is 0.343 e. The highest BCUT2D eigenvalue weighted by atomic mass is 16.2. The number of aromatic amines is 1. The van der Waals surface area contributed by atoms with Gasteiger partial charge in [0, 0.05) is 73.8 Å². The number of piperidine rings is 1. The second-order valence-electron chi connectivity index (χ2n) is 10.8. The first-order valence-electron chi connectivity index (χ1n) is 13.6. The number of nitrogens with zero attached hydrogens (tertiary/aromatic N) is 7. The van der Waals surface area contributed by atoms with E-state index in [0.29, 0.717) is 19.0 Å². The molecule has 0 unspecified atom stereocenters. The molecule has 1 N–H and O–H groups in total. The van der Waals surface area contributed by atoms with Crippen molar-refractivity contribution in [3.8, 4) is 11.1 Å². The molecule has 2 saturated heterocycles. The van der Waals surface area contributed by atoms with Crippen molar-refractivity contribution in [3.05, 3.63) is 60.7 Å². The van der Waals surface area contributed by atoms with E-state index in [4.69, 9.17) is 0 Å². The summed E-state index contributed by atoms with van der Waals surface area (Å²) in [6.07, 6.45) is 11.4. The maximum Gasteiger partial charge on any atom is 0.246 e. The van der Waals surface area contributed by atoms with E-state index in [1.165, 1.54) is 0 Å². The Morgan fingerprint density at radius 3 is 2.69 bits per heavy atom. The number of H-pyrrole nitrogens is 1. The van der Waals surface area contributed by atoms with Crippen LogP contribution in [0, 0.1) is 5.92 Å². The van der Waals surface area contributed by atoms with Crippen molar-refractivity contribution in [1.29, 1.82) is 0 Å². The molecule has 6 heterocycles. The lowest BCUT2D eigenvalue weighted by atomic mass is 9.92. The van der Waals surface area contributed by atoms with Crippen LogP contribution < -0.4 is 0 Å². The molecule has 0 radical (unpaired) electrons. The minimum absolute atomic E-state index is 0.00182. The molecular weight excluding hydrogens is 492 g/mol. The van der Waals surface area contributed by atoms with Gasteiger partial charge < -0.3 is 19.7 Å². The fraction of sp³-hybridized carbons (Fsp3) is 0.414. The Kier molecular flexibility index (Phi) is 6.86. The van der Waals surface area contributed by atoms with Gasteiger partial charge in [-0.05, 0) is 63.2 Å². The third-order valence-electron chi connectivity index (χ3n) is 7.97. The molecule has 2 amide bonds. The quantitative estimate of drug-likeness (QED) is 0.388. The van der Waals surface area contributed by atoms with Crippen molar-refractivity contribution in [1.82, 2.24) is 39.5 Å². The van der Waals surface area contributed by atoms with E-state index < -0.39 is 0 Å². The number of rotatable bonds is 6. The second kappa shape index (κ2) is 10.6. The molecular formula is C29H34N8O2. The molecule has 2 aliphatic rings. The van der Waals surface area contributed by atoms with Gasteiger partial charge in [0.05, 0.1) is 17.6 Å². The van der Waals surface area contributed by atoms with Gasteiger partial charge in [-0.15, -0.1) is 0 Å². The van der Waals surface area contributed by atoms with E-state index in [9.17, 15) is 9.59 Å². The molecule has 0 spiro atoms. The SMILES string of the molecule is CN(C)C/C=C/C(=O)N1CC[C@@H](C(=O)N2CCC(c3cc4c(-c5cnn6ncccc56)ccnc4[nH]3)CC2)C1. The van der Waals surface area contributed by atoms with Crippen LogP contribution in [0.5, 0.6) is 0 Å². The Balaban J connectivity index is 1.10. The predicted molar refractivity (Wildman–Crippen MR) is 149 cm³/mol. The fourth-order valence-electron chi connectivity index (χ4n) is 5.84. The van der Waals surface area contributed by atoms with Crippen molar-refractivity contribution >= 4 is 28.4 Å². The van der Waals surface area contributed by atoms with Gasteiger partial charge in [-0.1, -0.05) is 6.08 Å². The van der Waals surface area contributed by atoms with E-state index in [-0.39, 0.29) is 17.7 Å². The van der Waals surface area contributed by atoms with Crippen LogP contribution in [-0.4, -0.2) is 98.1 Å². The Morgan fingerprint density at radius 1 is 1.05 bits per heavy atom. The van der Waals surface area contributed by atoms with E-state index in [1.54, 1.807) is 21.8 Å². The van der Waals surface area contributed by atoms with E-state index in [1.807, 2.05) is 60.6 Å². The van der Waals surface area contributed by atoms with Crippen molar-refractivity contribution in [2.24, 2.45) is 5.92 Å². The summed E-state index contributed by atoms with van der Waals surface area (Å²) in [5.41, 5.74) is 5.08. The summed E-state index contributed by atoms with van der Waals surface area (Å²) in [7, 11) is 3.94. The molecule has 10 heteroatoms. The van der Waals surface area contributed by atoms with Crippen molar-refractivity contribution in [2.75, 3.05) is 46.8 Å². The molecule has 39 heavy (non-hydrogen) atoms. The molecule has 1 atom stereocenters. The van der Waals surface area contributed by atoms with Gasteiger partial charge in [-0.2, -0.15) is 14.8 Å². The summed E-state index contributed by atoms with van der Waals surface area (Å²) in [5.74, 6) is 0.416. The topological polar surface area (TPSA) is 103 Å². The van der Waals surface area contributed by atoms with Gasteiger partial charge in [-0.3, -0.25) is 9.59 Å². The minimum Gasteiger partial charge on any atom is -0.343 e. The average Bonchev–Trinajstić information content (AvgIpc) is 3.71. The summed E-state index contributed by atoms with van der Waals surface area (Å²) in [4.78, 5) is 39.7. The van der Waals surface area contributed by atoms with Crippen LogP contribution in [0.1, 0.15) is 30.9 Å². The highest BCUT2D eigenvalue weighted by Gasteiger charge is 2.35. The molecule has 0 aromatic carbocycles. The summed E-state index contributed by atoms with van der Waals surface area (Å²) < 4.78 is 1.64. The van der Waals surface area contributed by atoms with Crippen molar-refractivity contribution in [2.45, 2.75) is 25.2 Å². The zero-order valence-corrected chi connectivity index (χ0v) is 22.5. The lowest BCUT2D eigenvalue weighted by Crippen LogP contribution is -2.42. The van der Waals surface area contributed by atoms with Gasteiger partial charge in [-0.25, -0.2) is 4.98 Å². The van der Waals surface area contributed by atoms with Crippen LogP contribution in [0.2, 0.25) is 0 Å². The highest BCUT2D eigenvalue weighted by molar-refractivity contribution is 5.97. The first-order chi connectivity index (χ1) is 19.0. The molecule has 4 aromatic heterocycles. The van der Waals surface area contributed by atoms with Crippen LogP contribution in [0.4, 0.5) is 0 Å².